The number of rotatable bonds is 2. The van der Waals surface area contributed by atoms with Crippen LogP contribution >= 0.6 is 11.6 Å². The van der Waals surface area contributed by atoms with Crippen LogP contribution in [0.2, 0.25) is 5.15 Å². The molecular weight excluding hydrogens is 204 g/mol. The molecule has 0 aromatic carbocycles. The first-order valence-electron chi connectivity index (χ1n) is 4.64. The van der Waals surface area contributed by atoms with Gasteiger partial charge in [0.15, 0.2) is 5.15 Å². The average Bonchev–Trinajstić information content (AvgIpc) is 2.44. The van der Waals surface area contributed by atoms with Crippen LogP contribution in [0.5, 0.6) is 0 Å². The molecule has 0 unspecified atom stereocenters. The largest absolute Gasteiger partial charge is 0.481 e. The Bertz CT molecular complexity index is 373. The van der Waals surface area contributed by atoms with Crippen LogP contribution in [-0.4, -0.2) is 20.6 Å². The zero-order chi connectivity index (χ0) is 10.1. The molecule has 4 nitrogen and oxygen atoms in total. The van der Waals surface area contributed by atoms with Crippen molar-refractivity contribution in [3.05, 3.63) is 16.7 Å². The molecule has 0 saturated carbocycles. The monoisotopic (exact) mass is 214 g/mol. The van der Waals surface area contributed by atoms with Crippen molar-refractivity contribution in [2.24, 2.45) is 0 Å². The van der Waals surface area contributed by atoms with Gasteiger partial charge in [0.1, 0.15) is 12.2 Å². The SMILES string of the molecule is O=C(O)Cc1nc(Cl)c2n1CCCC2. The van der Waals surface area contributed by atoms with Crippen molar-refractivity contribution in [1.82, 2.24) is 9.55 Å². The molecule has 0 atom stereocenters. The van der Waals surface area contributed by atoms with Gasteiger partial charge >= 0.3 is 5.97 Å². The van der Waals surface area contributed by atoms with Crippen molar-refractivity contribution in [2.45, 2.75) is 32.2 Å². The molecule has 0 aliphatic carbocycles. The Morgan fingerprint density at radius 2 is 2.36 bits per heavy atom. The first-order chi connectivity index (χ1) is 6.68. The number of aromatic nitrogens is 2. The van der Waals surface area contributed by atoms with E-state index in [4.69, 9.17) is 16.7 Å². The molecule has 1 aliphatic rings. The van der Waals surface area contributed by atoms with Gasteiger partial charge in [-0.1, -0.05) is 11.6 Å². The van der Waals surface area contributed by atoms with Crippen LogP contribution in [-0.2, 0) is 24.2 Å². The Morgan fingerprint density at radius 1 is 1.57 bits per heavy atom. The van der Waals surface area contributed by atoms with E-state index in [2.05, 4.69) is 4.98 Å². The van der Waals surface area contributed by atoms with E-state index in [9.17, 15) is 4.79 Å². The molecule has 0 saturated heterocycles. The number of nitrogens with zero attached hydrogens (tertiary/aromatic N) is 2. The van der Waals surface area contributed by atoms with Crippen LogP contribution in [0.25, 0.3) is 0 Å². The molecule has 76 valence electrons. The third-order valence-corrected chi connectivity index (χ3v) is 2.76. The summed E-state index contributed by atoms with van der Waals surface area (Å²) in [4.78, 5) is 14.6. The Labute approximate surface area is 86.5 Å². The van der Waals surface area contributed by atoms with Crippen molar-refractivity contribution >= 4 is 17.6 Å². The predicted molar refractivity (Wildman–Crippen MR) is 51.5 cm³/mol. The van der Waals surface area contributed by atoms with Crippen LogP contribution in [0, 0.1) is 0 Å². The Balaban J connectivity index is 2.36. The molecule has 0 amide bonds. The van der Waals surface area contributed by atoms with E-state index in [-0.39, 0.29) is 6.42 Å². The summed E-state index contributed by atoms with van der Waals surface area (Å²) < 4.78 is 1.94. The van der Waals surface area contributed by atoms with Gasteiger partial charge < -0.3 is 9.67 Å². The molecule has 5 heteroatoms. The second kappa shape index (κ2) is 3.61. The fourth-order valence-corrected chi connectivity index (χ4v) is 2.13. The summed E-state index contributed by atoms with van der Waals surface area (Å²) >= 11 is 5.92. The molecule has 0 radical (unpaired) electrons. The number of hydrogen-bond acceptors (Lipinski definition) is 2. The number of carbonyl (C=O) groups is 1. The smallest absolute Gasteiger partial charge is 0.311 e. The third kappa shape index (κ3) is 1.62. The topological polar surface area (TPSA) is 55.1 Å². The molecule has 1 aliphatic heterocycles. The van der Waals surface area contributed by atoms with Crippen LogP contribution < -0.4 is 0 Å². The van der Waals surface area contributed by atoms with Crippen molar-refractivity contribution < 1.29 is 9.90 Å². The lowest BCUT2D eigenvalue weighted by Gasteiger charge is -2.15. The second-order valence-electron chi connectivity index (χ2n) is 3.44. The molecular formula is C9H11ClN2O2. The fourth-order valence-electron chi connectivity index (χ4n) is 1.84. The quantitative estimate of drug-likeness (QED) is 0.812. The minimum absolute atomic E-state index is 0.0419. The lowest BCUT2D eigenvalue weighted by Crippen LogP contribution is -2.15. The average molecular weight is 215 g/mol. The van der Waals surface area contributed by atoms with Gasteiger partial charge in [0.2, 0.25) is 0 Å². The highest BCUT2D eigenvalue weighted by Crippen LogP contribution is 2.24. The predicted octanol–water partition coefficient (Wildman–Crippen LogP) is 1.50. The number of fused-ring (bicyclic) bond motifs is 1. The molecule has 0 fully saturated rings. The van der Waals surface area contributed by atoms with Gasteiger partial charge in [-0.25, -0.2) is 4.98 Å². The highest BCUT2D eigenvalue weighted by Gasteiger charge is 2.19. The van der Waals surface area contributed by atoms with Gasteiger partial charge in [0, 0.05) is 6.54 Å². The van der Waals surface area contributed by atoms with Gasteiger partial charge in [-0.3, -0.25) is 4.79 Å². The number of hydrogen-bond donors (Lipinski definition) is 1. The zero-order valence-electron chi connectivity index (χ0n) is 7.66. The van der Waals surface area contributed by atoms with Crippen LogP contribution in [0.1, 0.15) is 24.4 Å². The lowest BCUT2D eigenvalue weighted by molar-refractivity contribution is -0.136. The normalized spacial score (nSPS) is 15.2. The number of carboxylic acid groups (broad SMARTS) is 1. The van der Waals surface area contributed by atoms with E-state index in [0.29, 0.717) is 11.0 Å². The molecule has 0 spiro atoms. The summed E-state index contributed by atoms with van der Waals surface area (Å²) in [5.74, 6) is -0.280. The summed E-state index contributed by atoms with van der Waals surface area (Å²) in [5, 5.41) is 9.15. The maximum atomic E-state index is 10.6. The Hall–Kier alpha value is -1.03. The Morgan fingerprint density at radius 3 is 3.07 bits per heavy atom. The maximum absolute atomic E-state index is 10.6. The Kier molecular flexibility index (Phi) is 2.46. The van der Waals surface area contributed by atoms with Crippen LogP contribution in [0.15, 0.2) is 0 Å². The summed E-state index contributed by atoms with van der Waals surface area (Å²) in [6.07, 6.45) is 3.05. The lowest BCUT2D eigenvalue weighted by atomic mass is 10.1. The molecule has 0 bridgehead atoms. The zero-order valence-corrected chi connectivity index (χ0v) is 8.42. The van der Waals surface area contributed by atoms with Crippen LogP contribution in [0.4, 0.5) is 0 Å². The number of aliphatic carboxylic acids is 1. The van der Waals surface area contributed by atoms with E-state index in [1.54, 1.807) is 0 Å². The van der Waals surface area contributed by atoms with Gasteiger partial charge in [-0.15, -0.1) is 0 Å². The summed E-state index contributed by atoms with van der Waals surface area (Å²) in [5.41, 5.74) is 0.995. The first kappa shape index (κ1) is 9.52. The number of carboxylic acids is 1. The summed E-state index contributed by atoms with van der Waals surface area (Å²) in [6, 6.07) is 0. The number of halogens is 1. The van der Waals surface area contributed by atoms with Gasteiger partial charge in [-0.2, -0.15) is 0 Å². The van der Waals surface area contributed by atoms with E-state index in [0.717, 1.165) is 31.5 Å². The van der Waals surface area contributed by atoms with E-state index < -0.39 is 5.97 Å². The van der Waals surface area contributed by atoms with Gasteiger partial charge in [0.25, 0.3) is 0 Å². The number of imidazole rings is 1. The van der Waals surface area contributed by atoms with Gasteiger partial charge in [0.05, 0.1) is 5.69 Å². The summed E-state index contributed by atoms with van der Waals surface area (Å²) in [7, 11) is 0. The fraction of sp³-hybridized carbons (Fsp3) is 0.556. The minimum Gasteiger partial charge on any atom is -0.481 e. The third-order valence-electron chi connectivity index (χ3n) is 2.46. The second-order valence-corrected chi connectivity index (χ2v) is 3.80. The van der Waals surface area contributed by atoms with E-state index in [1.807, 2.05) is 4.57 Å². The molecule has 2 heterocycles. The molecule has 2 rings (SSSR count). The van der Waals surface area contributed by atoms with Crippen molar-refractivity contribution in [3.63, 3.8) is 0 Å². The highest BCUT2D eigenvalue weighted by molar-refractivity contribution is 6.30. The standard InChI is InChI=1S/C9H11ClN2O2/c10-9-6-3-1-2-4-12(6)7(11-9)5-8(13)14/h1-5H2,(H,13,14). The molecule has 1 aromatic heterocycles. The highest BCUT2D eigenvalue weighted by atomic mass is 35.5. The van der Waals surface area contributed by atoms with Crippen molar-refractivity contribution in [1.29, 1.82) is 0 Å². The van der Waals surface area contributed by atoms with Crippen molar-refractivity contribution in [3.8, 4) is 0 Å². The van der Waals surface area contributed by atoms with E-state index in [1.165, 1.54) is 0 Å². The molecule has 14 heavy (non-hydrogen) atoms. The summed E-state index contributed by atoms with van der Waals surface area (Å²) in [6.45, 7) is 0.845. The van der Waals surface area contributed by atoms with Crippen LogP contribution in [0.3, 0.4) is 0 Å². The van der Waals surface area contributed by atoms with E-state index >= 15 is 0 Å². The molecule has 1 N–H and O–H groups in total. The maximum Gasteiger partial charge on any atom is 0.311 e. The first-order valence-corrected chi connectivity index (χ1v) is 5.02. The van der Waals surface area contributed by atoms with Gasteiger partial charge in [-0.05, 0) is 19.3 Å². The van der Waals surface area contributed by atoms with Crippen molar-refractivity contribution in [2.75, 3.05) is 0 Å². The minimum atomic E-state index is -0.861. The molecule has 1 aromatic rings.